The topological polar surface area (TPSA) is 19.9 Å². The van der Waals surface area contributed by atoms with E-state index >= 15 is 0 Å². The Labute approximate surface area is 93.1 Å². The average Bonchev–Trinajstić information content (AvgIpc) is 2.25. The molecule has 1 heteroatoms. The number of rotatable bonds is 5. The summed E-state index contributed by atoms with van der Waals surface area (Å²) in [6.07, 6.45) is 2.82. The second-order valence-electron chi connectivity index (χ2n) is 4.47. The maximum Gasteiger partial charge on any atom is 0.120 e. The first kappa shape index (κ1) is 12.3. The van der Waals surface area contributed by atoms with Gasteiger partial charge in [0.15, 0.2) is 0 Å². The number of aryl methyl sites for hydroxylation is 1. The molecule has 0 spiro atoms. The highest BCUT2D eigenvalue weighted by Crippen LogP contribution is 2.26. The molecule has 0 fully saturated rings. The second kappa shape index (κ2) is 5.92. The zero-order valence-corrected chi connectivity index (χ0v) is 9.99. The van der Waals surface area contributed by atoms with Crippen molar-refractivity contribution in [3.8, 4) is 0 Å². The lowest BCUT2D eigenvalue weighted by Crippen LogP contribution is -2.07. The Morgan fingerprint density at radius 1 is 1.20 bits per heavy atom. The summed E-state index contributed by atoms with van der Waals surface area (Å²) < 4.78 is 0. The van der Waals surface area contributed by atoms with Gasteiger partial charge in [0.05, 0.1) is 0 Å². The lowest BCUT2D eigenvalue weighted by molar-refractivity contribution is 0.0480. The summed E-state index contributed by atoms with van der Waals surface area (Å²) >= 11 is 0. The average molecular weight is 205 g/mol. The van der Waals surface area contributed by atoms with Crippen LogP contribution in [0.15, 0.2) is 24.3 Å². The highest BCUT2D eigenvalue weighted by atomic mass is 16.3. The molecule has 1 atom stereocenters. The molecule has 0 saturated carbocycles. The van der Waals surface area contributed by atoms with Gasteiger partial charge in [-0.2, -0.15) is 0 Å². The molecule has 0 bridgehead atoms. The molecule has 1 rings (SSSR count). The summed E-state index contributed by atoms with van der Waals surface area (Å²) in [6.45, 7) is 6.17. The lowest BCUT2D eigenvalue weighted by Gasteiger charge is -2.16. The summed E-state index contributed by atoms with van der Waals surface area (Å²) in [7, 11) is 0. The van der Waals surface area contributed by atoms with Crippen molar-refractivity contribution in [2.24, 2.45) is 5.92 Å². The number of hydrogen-bond acceptors (Lipinski definition) is 0. The van der Waals surface area contributed by atoms with Crippen molar-refractivity contribution in [2.75, 3.05) is 0 Å². The molecule has 0 aliphatic carbocycles. The molecule has 0 saturated heterocycles. The van der Waals surface area contributed by atoms with E-state index in [1.54, 1.807) is 0 Å². The van der Waals surface area contributed by atoms with Crippen molar-refractivity contribution in [1.29, 1.82) is 0 Å². The van der Waals surface area contributed by atoms with Crippen LogP contribution in [-0.2, 0) is 11.5 Å². The van der Waals surface area contributed by atoms with Gasteiger partial charge >= 0.3 is 0 Å². The van der Waals surface area contributed by atoms with Gasteiger partial charge < -0.3 is 0 Å². The van der Waals surface area contributed by atoms with Crippen molar-refractivity contribution < 1.29 is 5.11 Å². The fourth-order valence-electron chi connectivity index (χ4n) is 1.77. The third-order valence-electron chi connectivity index (χ3n) is 2.77. The van der Waals surface area contributed by atoms with Crippen LogP contribution in [-0.4, -0.2) is 0 Å². The van der Waals surface area contributed by atoms with Crippen molar-refractivity contribution in [3.63, 3.8) is 0 Å². The van der Waals surface area contributed by atoms with Gasteiger partial charge in [-0.25, -0.2) is 5.11 Å². The van der Waals surface area contributed by atoms with Gasteiger partial charge in [-0.1, -0.05) is 51.5 Å². The predicted octanol–water partition coefficient (Wildman–Crippen LogP) is 4.16. The van der Waals surface area contributed by atoms with Crippen molar-refractivity contribution in [3.05, 3.63) is 35.4 Å². The Morgan fingerprint density at radius 3 is 2.47 bits per heavy atom. The van der Waals surface area contributed by atoms with E-state index in [2.05, 4.69) is 13.0 Å². The summed E-state index contributed by atoms with van der Waals surface area (Å²) in [4.78, 5) is 0. The Bertz CT molecular complexity index is 291. The van der Waals surface area contributed by atoms with E-state index in [-0.39, 0.29) is 5.92 Å². The third kappa shape index (κ3) is 3.35. The first-order chi connectivity index (χ1) is 7.16. The van der Waals surface area contributed by atoms with E-state index in [4.69, 9.17) is 0 Å². The van der Waals surface area contributed by atoms with Crippen LogP contribution >= 0.6 is 0 Å². The van der Waals surface area contributed by atoms with Gasteiger partial charge in [0, 0.05) is 0 Å². The highest BCUT2D eigenvalue weighted by Gasteiger charge is 2.16. The van der Waals surface area contributed by atoms with Crippen LogP contribution in [0, 0.1) is 5.92 Å². The van der Waals surface area contributed by atoms with Crippen LogP contribution in [0.4, 0.5) is 0 Å². The molecule has 0 aliphatic rings. The third-order valence-corrected chi connectivity index (χ3v) is 2.77. The minimum Gasteiger partial charge on any atom is -0.228 e. The Kier molecular flexibility index (Phi) is 4.83. The summed E-state index contributed by atoms with van der Waals surface area (Å²) in [5.74, 6) is 0.174. The van der Waals surface area contributed by atoms with E-state index in [1.165, 1.54) is 18.4 Å². The minimum absolute atomic E-state index is 0.174. The van der Waals surface area contributed by atoms with Crippen LogP contribution in [0.1, 0.15) is 50.8 Å². The van der Waals surface area contributed by atoms with Crippen LogP contribution in [0.25, 0.3) is 0 Å². The van der Waals surface area contributed by atoms with Crippen molar-refractivity contribution in [1.82, 2.24) is 0 Å². The fourth-order valence-corrected chi connectivity index (χ4v) is 1.77. The molecule has 0 N–H and O–H groups in total. The molecule has 83 valence electrons. The molecule has 0 aromatic heterocycles. The molecule has 1 radical (unpaired) electrons. The maximum absolute atomic E-state index is 12.0. The van der Waals surface area contributed by atoms with Crippen LogP contribution in [0.5, 0.6) is 0 Å². The number of hydrogen-bond donors (Lipinski definition) is 0. The van der Waals surface area contributed by atoms with E-state index < -0.39 is 6.10 Å². The summed E-state index contributed by atoms with van der Waals surface area (Å²) in [6, 6.07) is 8.08. The van der Waals surface area contributed by atoms with Gasteiger partial charge in [-0.15, -0.1) is 0 Å². The standard InChI is InChI=1S/C14H21O/c1-4-5-8-12-9-6-7-10-13(12)14(15)11(2)3/h6-7,9-11,14H,4-5,8H2,1-3H3. The zero-order valence-electron chi connectivity index (χ0n) is 9.99. The Hall–Kier alpha value is -0.820. The Morgan fingerprint density at radius 2 is 1.87 bits per heavy atom. The van der Waals surface area contributed by atoms with Gasteiger partial charge in [0.25, 0.3) is 0 Å². The molecule has 1 aromatic carbocycles. The molecular formula is C14H21O. The molecule has 15 heavy (non-hydrogen) atoms. The van der Waals surface area contributed by atoms with E-state index in [9.17, 15) is 5.11 Å². The summed E-state index contributed by atoms with van der Waals surface area (Å²) in [5.41, 5.74) is 2.24. The fraction of sp³-hybridized carbons (Fsp3) is 0.571. The molecular weight excluding hydrogens is 184 g/mol. The van der Waals surface area contributed by atoms with Gasteiger partial charge in [-0.3, -0.25) is 0 Å². The van der Waals surface area contributed by atoms with Gasteiger partial charge in [0.2, 0.25) is 0 Å². The van der Waals surface area contributed by atoms with Gasteiger partial charge in [0.1, 0.15) is 6.10 Å². The molecule has 0 amide bonds. The van der Waals surface area contributed by atoms with Crippen LogP contribution in [0.3, 0.4) is 0 Å². The molecule has 1 aromatic rings. The Balaban J connectivity index is 2.85. The zero-order chi connectivity index (χ0) is 11.3. The molecule has 1 nitrogen and oxygen atoms in total. The second-order valence-corrected chi connectivity index (χ2v) is 4.47. The quantitative estimate of drug-likeness (QED) is 0.688. The minimum atomic E-state index is -0.571. The SMILES string of the molecule is CCCCc1ccccc1C([O])C(C)C. The largest absolute Gasteiger partial charge is 0.228 e. The molecule has 0 heterocycles. The van der Waals surface area contributed by atoms with Crippen LogP contribution < -0.4 is 0 Å². The molecule has 1 unspecified atom stereocenters. The van der Waals surface area contributed by atoms with Crippen molar-refractivity contribution in [2.45, 2.75) is 46.1 Å². The van der Waals surface area contributed by atoms with E-state index in [0.717, 1.165) is 12.0 Å². The van der Waals surface area contributed by atoms with Crippen LogP contribution in [0.2, 0.25) is 0 Å². The summed E-state index contributed by atoms with van der Waals surface area (Å²) in [5, 5.41) is 12.0. The maximum atomic E-state index is 12.0. The highest BCUT2D eigenvalue weighted by molar-refractivity contribution is 5.29. The molecule has 0 aliphatic heterocycles. The van der Waals surface area contributed by atoms with E-state index in [1.807, 2.05) is 32.0 Å². The number of unbranched alkanes of at least 4 members (excludes halogenated alkanes) is 1. The predicted molar refractivity (Wildman–Crippen MR) is 63.3 cm³/mol. The monoisotopic (exact) mass is 205 g/mol. The van der Waals surface area contributed by atoms with Crippen molar-refractivity contribution >= 4 is 0 Å². The number of benzene rings is 1. The lowest BCUT2D eigenvalue weighted by atomic mass is 9.92. The first-order valence-corrected chi connectivity index (χ1v) is 5.90. The first-order valence-electron chi connectivity index (χ1n) is 5.90. The smallest absolute Gasteiger partial charge is 0.120 e. The van der Waals surface area contributed by atoms with E-state index in [0.29, 0.717) is 0 Å². The van der Waals surface area contributed by atoms with Gasteiger partial charge in [-0.05, 0) is 29.9 Å². The normalized spacial score (nSPS) is 13.1.